The number of nitrogens with two attached hydrogens (primary N) is 2. The molecule has 0 unspecified atom stereocenters. The maximum absolute atomic E-state index is 15.4. The molecule has 4 rings (SSSR count). The van der Waals surface area contributed by atoms with Crippen LogP contribution >= 0.6 is 0 Å². The van der Waals surface area contributed by atoms with Crippen molar-refractivity contribution in [1.29, 1.82) is 0 Å². The number of likely N-dealkylation sites (tertiary alicyclic amines) is 2. The second-order valence-electron chi connectivity index (χ2n) is 15.0. The van der Waals surface area contributed by atoms with Gasteiger partial charge in [0.1, 0.15) is 18.1 Å². The van der Waals surface area contributed by atoms with E-state index in [1.165, 1.54) is 11.9 Å². The summed E-state index contributed by atoms with van der Waals surface area (Å²) in [6.45, 7) is 3.12. The van der Waals surface area contributed by atoms with Gasteiger partial charge >= 0.3 is 6.03 Å². The van der Waals surface area contributed by atoms with Crippen LogP contribution in [0.4, 0.5) is 13.6 Å². The van der Waals surface area contributed by atoms with Crippen LogP contribution in [-0.4, -0.2) is 109 Å². The van der Waals surface area contributed by atoms with Crippen LogP contribution < -0.4 is 32.7 Å². The number of amides is 6. The summed E-state index contributed by atoms with van der Waals surface area (Å²) in [4.78, 5) is 69.4. The van der Waals surface area contributed by atoms with Gasteiger partial charge in [-0.3, -0.25) is 19.2 Å². The molecule has 0 radical (unpaired) electrons. The Hall–Kier alpha value is -4.63. The number of hydrogen-bond donors (Lipinski definition) is 6. The largest absolute Gasteiger partial charge is 0.343 e. The molecule has 2 saturated heterocycles. The summed E-state index contributed by atoms with van der Waals surface area (Å²) in [7, 11) is 1.38. The Balaban J connectivity index is 1.47. The molecule has 0 bridgehead atoms. The molecule has 2 aromatic rings. The van der Waals surface area contributed by atoms with Crippen molar-refractivity contribution >= 4 is 29.7 Å². The van der Waals surface area contributed by atoms with Crippen LogP contribution in [0.3, 0.4) is 0 Å². The van der Waals surface area contributed by atoms with Gasteiger partial charge in [-0.1, -0.05) is 74.5 Å². The van der Waals surface area contributed by atoms with Gasteiger partial charge in [0.15, 0.2) is 0 Å². The monoisotopic (exact) mass is 754 g/mol. The lowest BCUT2D eigenvalue weighted by molar-refractivity contribution is -0.219. The highest BCUT2D eigenvalue weighted by molar-refractivity contribution is 5.95. The molecule has 13 nitrogen and oxygen atoms in total. The Morgan fingerprint density at radius 2 is 1.31 bits per heavy atom. The fourth-order valence-corrected chi connectivity index (χ4v) is 7.10. The zero-order valence-corrected chi connectivity index (χ0v) is 31.5. The molecule has 54 heavy (non-hydrogen) atoms. The predicted molar refractivity (Wildman–Crippen MR) is 201 cm³/mol. The van der Waals surface area contributed by atoms with E-state index in [0.29, 0.717) is 19.4 Å². The van der Waals surface area contributed by atoms with E-state index in [-0.39, 0.29) is 57.7 Å². The van der Waals surface area contributed by atoms with Gasteiger partial charge in [-0.25, -0.2) is 13.6 Å². The molecule has 0 aromatic heterocycles. The van der Waals surface area contributed by atoms with Crippen molar-refractivity contribution in [3.05, 3.63) is 71.8 Å². The van der Waals surface area contributed by atoms with Crippen LogP contribution in [0.2, 0.25) is 0 Å². The van der Waals surface area contributed by atoms with Gasteiger partial charge < -0.3 is 42.5 Å². The number of piperidine rings is 1. The molecule has 296 valence electrons. The van der Waals surface area contributed by atoms with Gasteiger partial charge in [0, 0.05) is 33.1 Å². The first-order valence-corrected chi connectivity index (χ1v) is 18.8. The molecule has 2 aliphatic rings. The quantitative estimate of drug-likeness (QED) is 0.133. The summed E-state index contributed by atoms with van der Waals surface area (Å²) in [5.74, 6) is -5.48. The van der Waals surface area contributed by atoms with Crippen molar-refractivity contribution in [2.75, 3.05) is 39.8 Å². The summed E-state index contributed by atoms with van der Waals surface area (Å²) in [5.41, 5.74) is 12.1. The lowest BCUT2D eigenvalue weighted by Gasteiger charge is -2.57. The lowest BCUT2D eigenvalue weighted by Crippen LogP contribution is -2.73. The van der Waals surface area contributed by atoms with E-state index < -0.39 is 71.7 Å². The van der Waals surface area contributed by atoms with Crippen molar-refractivity contribution in [2.24, 2.45) is 22.8 Å². The van der Waals surface area contributed by atoms with Crippen LogP contribution in [0.1, 0.15) is 57.1 Å². The molecule has 0 saturated carbocycles. The number of benzene rings is 2. The highest BCUT2D eigenvalue weighted by Gasteiger charge is 2.64. The van der Waals surface area contributed by atoms with Gasteiger partial charge in [-0.15, -0.1) is 0 Å². The molecule has 6 amide bonds. The van der Waals surface area contributed by atoms with Crippen molar-refractivity contribution in [1.82, 2.24) is 31.1 Å². The number of urea groups is 1. The average molecular weight is 755 g/mol. The standard InChI is InChI=1S/C39H56F2N8O5/c1-26(2)20-31(47-35(52)32(22-28-14-8-5-9-15-28)46-33(50)29(43)21-27-12-6-4-7-13-27)34(51)45-30(16-10-11-18-42)36(53)49-23-38(24-49)17-19-48(37(54)44-3)25-39(38,40)41/h4-9,12-15,26,29-32H,10-11,16-25,42-43H2,1-3H3,(H,44,54)(H,45,51)(H,46,50)(H,47,52)/t29-,30-,31-,32-/m1/s1. The second-order valence-corrected chi connectivity index (χ2v) is 15.0. The molecule has 2 fully saturated rings. The van der Waals surface area contributed by atoms with E-state index in [2.05, 4.69) is 21.3 Å². The molecule has 2 aromatic carbocycles. The number of halogens is 2. The first-order valence-electron chi connectivity index (χ1n) is 18.8. The molecular formula is C39H56F2N8O5. The molecular weight excluding hydrogens is 698 g/mol. The van der Waals surface area contributed by atoms with Gasteiger partial charge in [-0.2, -0.15) is 0 Å². The Bertz CT molecular complexity index is 1580. The van der Waals surface area contributed by atoms with E-state index in [0.717, 1.165) is 16.0 Å². The van der Waals surface area contributed by atoms with Gasteiger partial charge in [0.25, 0.3) is 5.92 Å². The first-order chi connectivity index (χ1) is 25.7. The van der Waals surface area contributed by atoms with Crippen LogP contribution in [0, 0.1) is 11.3 Å². The summed E-state index contributed by atoms with van der Waals surface area (Å²) in [6.07, 6.45) is 1.95. The molecule has 2 aliphatic heterocycles. The Morgan fingerprint density at radius 1 is 0.759 bits per heavy atom. The number of carbonyl (C=O) groups excluding carboxylic acids is 5. The number of hydrogen-bond acceptors (Lipinski definition) is 7. The van der Waals surface area contributed by atoms with E-state index in [9.17, 15) is 24.0 Å². The number of rotatable bonds is 17. The SMILES string of the molecule is CNC(=O)N1CCC2(CN(C(=O)[C@@H](CCCCN)NC(=O)[C@@H](CC(C)C)NC(=O)[C@@H](Cc3ccccc3)NC(=O)[C@H](N)Cc3ccccc3)C2)C(F)(F)C1. The minimum atomic E-state index is -3.21. The molecule has 8 N–H and O–H groups in total. The van der Waals surface area contributed by atoms with Gasteiger partial charge in [0.2, 0.25) is 23.6 Å². The number of nitrogens with zero attached hydrogens (tertiary/aromatic N) is 2. The highest BCUT2D eigenvalue weighted by atomic mass is 19.3. The zero-order valence-electron chi connectivity index (χ0n) is 31.5. The van der Waals surface area contributed by atoms with Crippen LogP contribution in [0.15, 0.2) is 60.7 Å². The number of alkyl halides is 2. The van der Waals surface area contributed by atoms with Crippen molar-refractivity contribution in [2.45, 2.75) is 88.9 Å². The smallest absolute Gasteiger partial charge is 0.317 e. The van der Waals surface area contributed by atoms with Crippen LogP contribution in [0.25, 0.3) is 0 Å². The average Bonchev–Trinajstić information content (AvgIpc) is 3.12. The van der Waals surface area contributed by atoms with Crippen LogP contribution in [0.5, 0.6) is 0 Å². The maximum atomic E-state index is 15.4. The van der Waals surface area contributed by atoms with Crippen molar-refractivity contribution in [3.63, 3.8) is 0 Å². The molecule has 0 aliphatic carbocycles. The van der Waals surface area contributed by atoms with Gasteiger partial charge in [-0.05, 0) is 62.1 Å². The molecule has 2 heterocycles. The minimum Gasteiger partial charge on any atom is -0.343 e. The van der Waals surface area contributed by atoms with Crippen molar-refractivity contribution in [3.8, 4) is 0 Å². The second kappa shape index (κ2) is 19.1. The van der Waals surface area contributed by atoms with E-state index in [1.54, 1.807) is 0 Å². The van der Waals surface area contributed by atoms with Crippen molar-refractivity contribution < 1.29 is 32.8 Å². The zero-order chi connectivity index (χ0) is 39.5. The molecule has 1 spiro atoms. The normalized spacial score (nSPS) is 18.1. The third kappa shape index (κ3) is 11.0. The topological polar surface area (TPSA) is 192 Å². The third-order valence-electron chi connectivity index (χ3n) is 10.3. The third-order valence-corrected chi connectivity index (χ3v) is 10.3. The molecule has 15 heteroatoms. The summed E-state index contributed by atoms with van der Waals surface area (Å²) in [6, 6.07) is 13.7. The Kier molecular flexibility index (Phi) is 14.9. The summed E-state index contributed by atoms with van der Waals surface area (Å²) < 4.78 is 30.8. The summed E-state index contributed by atoms with van der Waals surface area (Å²) >= 11 is 0. The maximum Gasteiger partial charge on any atom is 0.317 e. The van der Waals surface area contributed by atoms with Gasteiger partial charge in [0.05, 0.1) is 18.0 Å². The van der Waals surface area contributed by atoms with E-state index in [4.69, 9.17) is 11.5 Å². The molecule has 4 atom stereocenters. The highest BCUT2D eigenvalue weighted by Crippen LogP contribution is 2.50. The summed E-state index contributed by atoms with van der Waals surface area (Å²) in [5, 5.41) is 10.8. The Labute approximate surface area is 316 Å². The fourth-order valence-electron chi connectivity index (χ4n) is 7.10. The minimum absolute atomic E-state index is 0.0295. The van der Waals surface area contributed by atoms with E-state index >= 15 is 8.78 Å². The lowest BCUT2D eigenvalue weighted by atomic mass is 9.69. The first kappa shape index (κ1) is 42.1. The van der Waals surface area contributed by atoms with Crippen LogP contribution in [-0.2, 0) is 32.0 Å². The number of nitrogens with one attached hydrogen (secondary N) is 4. The fraction of sp³-hybridized carbons (Fsp3) is 0.564. The Morgan fingerprint density at radius 3 is 1.87 bits per heavy atom. The number of carbonyl (C=O) groups is 5. The van der Waals surface area contributed by atoms with E-state index in [1.807, 2.05) is 74.5 Å². The predicted octanol–water partition coefficient (Wildman–Crippen LogP) is 1.94. The number of unbranched alkanes of at least 4 members (excludes halogenated alkanes) is 1.